The molecule has 0 amide bonds. The second kappa shape index (κ2) is 5.45. The standard InChI is InChI=1S/C13H18N6O2/c1-5-20-6-2-18(1)12-10-11(15-9-14-10)16-13(17-12)19-3-7-21-8-4-19/h9H,1-8H2,(H,14,15,16,17)/p+1. The number of hydrogen-bond donors (Lipinski definition) is 1. The van der Waals surface area contributed by atoms with E-state index in [1.54, 1.807) is 6.33 Å². The zero-order valence-corrected chi connectivity index (χ0v) is 11.8. The van der Waals surface area contributed by atoms with Crippen LogP contribution in [0.5, 0.6) is 0 Å². The lowest BCUT2D eigenvalue weighted by atomic mass is 10.3. The molecule has 2 aromatic heterocycles. The Hall–Kier alpha value is -1.93. The molecule has 8 heteroatoms. The van der Waals surface area contributed by atoms with Gasteiger partial charge in [0.2, 0.25) is 11.5 Å². The number of H-pyrrole nitrogens is 2. The summed E-state index contributed by atoms with van der Waals surface area (Å²) in [6.07, 6.45) is 1.69. The van der Waals surface area contributed by atoms with E-state index in [1.165, 1.54) is 0 Å². The van der Waals surface area contributed by atoms with E-state index in [2.05, 4.69) is 29.7 Å². The lowest BCUT2D eigenvalue weighted by molar-refractivity contribution is -0.353. The predicted molar refractivity (Wildman–Crippen MR) is 76.5 cm³/mol. The van der Waals surface area contributed by atoms with Crippen LogP contribution in [0.25, 0.3) is 11.2 Å². The van der Waals surface area contributed by atoms with E-state index in [0.717, 1.165) is 75.5 Å². The number of anilines is 2. The van der Waals surface area contributed by atoms with E-state index in [4.69, 9.17) is 9.47 Å². The van der Waals surface area contributed by atoms with E-state index in [0.29, 0.717) is 0 Å². The first kappa shape index (κ1) is 12.8. The number of imidazole rings is 1. The molecule has 2 N–H and O–H groups in total. The highest BCUT2D eigenvalue weighted by atomic mass is 16.5. The van der Waals surface area contributed by atoms with E-state index in [1.807, 2.05) is 0 Å². The summed E-state index contributed by atoms with van der Waals surface area (Å²) in [5, 5.41) is 0. The fourth-order valence-corrected chi connectivity index (χ4v) is 2.79. The number of aromatic amines is 2. The van der Waals surface area contributed by atoms with Crippen LogP contribution in [0.1, 0.15) is 0 Å². The largest absolute Gasteiger partial charge is 0.376 e. The minimum Gasteiger partial charge on any atom is -0.376 e. The van der Waals surface area contributed by atoms with Gasteiger partial charge in [0.15, 0.2) is 5.52 Å². The van der Waals surface area contributed by atoms with Crippen LogP contribution in [0, 0.1) is 0 Å². The molecule has 0 bridgehead atoms. The highest BCUT2D eigenvalue weighted by molar-refractivity contribution is 5.81. The van der Waals surface area contributed by atoms with E-state index in [-0.39, 0.29) is 0 Å². The van der Waals surface area contributed by atoms with Crippen molar-refractivity contribution < 1.29 is 14.5 Å². The van der Waals surface area contributed by atoms with Crippen molar-refractivity contribution in [1.29, 1.82) is 0 Å². The van der Waals surface area contributed by atoms with Crippen molar-refractivity contribution in [3.63, 3.8) is 0 Å². The number of rotatable bonds is 2. The minimum absolute atomic E-state index is 0.737. The molecule has 2 fully saturated rings. The first-order valence-electron chi connectivity index (χ1n) is 7.33. The Morgan fingerprint density at radius 2 is 1.67 bits per heavy atom. The van der Waals surface area contributed by atoms with Gasteiger partial charge in [0.05, 0.1) is 58.9 Å². The Bertz CT molecular complexity index is 618. The third-order valence-corrected chi connectivity index (χ3v) is 3.94. The van der Waals surface area contributed by atoms with Crippen molar-refractivity contribution in [2.75, 3.05) is 62.4 Å². The van der Waals surface area contributed by atoms with Gasteiger partial charge in [-0.15, -0.1) is 0 Å². The molecule has 2 aromatic rings. The Morgan fingerprint density at radius 1 is 1.00 bits per heavy atom. The topological polar surface area (TPSA) is 80.7 Å². The van der Waals surface area contributed by atoms with Gasteiger partial charge in [0.25, 0.3) is 0 Å². The predicted octanol–water partition coefficient (Wildman–Crippen LogP) is -0.555. The average molecular weight is 291 g/mol. The third kappa shape index (κ3) is 2.40. The smallest absolute Gasteiger partial charge is 0.349 e. The van der Waals surface area contributed by atoms with Crippen LogP contribution >= 0.6 is 0 Å². The summed E-state index contributed by atoms with van der Waals surface area (Å²) in [5.74, 6) is 1.90. The number of nitrogens with zero attached hydrogens (tertiary/aromatic N) is 4. The molecule has 0 atom stereocenters. The second-order valence-corrected chi connectivity index (χ2v) is 5.21. The summed E-state index contributed by atoms with van der Waals surface area (Å²) >= 11 is 0. The van der Waals surface area contributed by atoms with Crippen LogP contribution in [-0.4, -0.2) is 67.6 Å². The molecule has 0 aromatic carbocycles. The molecule has 0 aliphatic carbocycles. The molecule has 4 heterocycles. The number of fused-ring (bicyclic) bond motifs is 1. The summed E-state index contributed by atoms with van der Waals surface area (Å²) < 4.78 is 10.8. The van der Waals surface area contributed by atoms with Gasteiger partial charge in [-0.2, -0.15) is 0 Å². The highest BCUT2D eigenvalue weighted by Crippen LogP contribution is 2.21. The van der Waals surface area contributed by atoms with E-state index < -0.39 is 0 Å². The molecule has 21 heavy (non-hydrogen) atoms. The Labute approximate surface area is 122 Å². The Kier molecular flexibility index (Phi) is 3.32. The van der Waals surface area contributed by atoms with E-state index >= 15 is 0 Å². The summed E-state index contributed by atoms with van der Waals surface area (Å²) in [5.41, 5.74) is 1.70. The highest BCUT2D eigenvalue weighted by Gasteiger charge is 2.26. The SMILES string of the molecule is c1nc2nc(N3CCOCC3)[nH+]c(N3CCOCC3)c2[nH]1. The molecule has 0 saturated carbocycles. The molecule has 2 aliphatic heterocycles. The maximum Gasteiger partial charge on any atom is 0.349 e. The Morgan fingerprint density at radius 3 is 2.38 bits per heavy atom. The quantitative estimate of drug-likeness (QED) is 0.799. The van der Waals surface area contributed by atoms with Crippen LogP contribution in [0.15, 0.2) is 6.33 Å². The van der Waals surface area contributed by atoms with Crippen molar-refractivity contribution in [1.82, 2.24) is 15.0 Å². The number of aromatic nitrogens is 4. The second-order valence-electron chi connectivity index (χ2n) is 5.21. The molecule has 0 spiro atoms. The summed E-state index contributed by atoms with van der Waals surface area (Å²) in [6.45, 7) is 6.41. The van der Waals surface area contributed by atoms with Crippen molar-refractivity contribution in [3.8, 4) is 0 Å². The van der Waals surface area contributed by atoms with Crippen LogP contribution in [0.3, 0.4) is 0 Å². The van der Waals surface area contributed by atoms with Gasteiger partial charge in [-0.3, -0.25) is 4.90 Å². The molecule has 2 saturated heterocycles. The van der Waals surface area contributed by atoms with Gasteiger partial charge < -0.3 is 19.4 Å². The fraction of sp³-hybridized carbons (Fsp3) is 0.615. The fourth-order valence-electron chi connectivity index (χ4n) is 2.79. The van der Waals surface area contributed by atoms with Crippen LogP contribution in [0.4, 0.5) is 11.8 Å². The maximum atomic E-state index is 5.44. The third-order valence-electron chi connectivity index (χ3n) is 3.94. The summed E-state index contributed by atoms with van der Waals surface area (Å²) in [4.78, 5) is 20.1. The van der Waals surface area contributed by atoms with Crippen LogP contribution < -0.4 is 14.8 Å². The van der Waals surface area contributed by atoms with Gasteiger partial charge in [-0.1, -0.05) is 4.98 Å². The van der Waals surface area contributed by atoms with Gasteiger partial charge in [-0.05, 0) is 0 Å². The first-order valence-corrected chi connectivity index (χ1v) is 7.33. The summed E-state index contributed by atoms with van der Waals surface area (Å²) in [6, 6.07) is 0. The molecule has 0 unspecified atom stereocenters. The molecular formula is C13H19N6O2+. The molecular weight excluding hydrogens is 272 g/mol. The van der Waals surface area contributed by atoms with Gasteiger partial charge in [0, 0.05) is 0 Å². The zero-order chi connectivity index (χ0) is 14.1. The lowest BCUT2D eigenvalue weighted by Crippen LogP contribution is -2.44. The van der Waals surface area contributed by atoms with Crippen LogP contribution in [-0.2, 0) is 9.47 Å². The lowest BCUT2D eigenvalue weighted by Gasteiger charge is -2.26. The van der Waals surface area contributed by atoms with Crippen molar-refractivity contribution in [2.24, 2.45) is 0 Å². The monoisotopic (exact) mass is 291 g/mol. The Balaban J connectivity index is 1.74. The molecule has 112 valence electrons. The number of morpholine rings is 2. The zero-order valence-electron chi connectivity index (χ0n) is 11.8. The van der Waals surface area contributed by atoms with Crippen LogP contribution in [0.2, 0.25) is 0 Å². The van der Waals surface area contributed by atoms with E-state index in [9.17, 15) is 0 Å². The maximum absolute atomic E-state index is 5.44. The van der Waals surface area contributed by atoms with Gasteiger partial charge in [-0.25, -0.2) is 9.97 Å². The van der Waals surface area contributed by atoms with Crippen molar-refractivity contribution in [2.45, 2.75) is 0 Å². The number of hydrogen-bond acceptors (Lipinski definition) is 6. The summed E-state index contributed by atoms with van der Waals surface area (Å²) in [7, 11) is 0. The van der Waals surface area contributed by atoms with Crippen molar-refractivity contribution in [3.05, 3.63) is 6.33 Å². The van der Waals surface area contributed by atoms with Crippen molar-refractivity contribution >= 4 is 22.9 Å². The molecule has 2 aliphatic rings. The number of nitrogens with one attached hydrogen (secondary N) is 2. The molecule has 0 radical (unpaired) electrons. The normalized spacial score (nSPS) is 20.2. The average Bonchev–Trinajstić information content (AvgIpc) is 3.04. The minimum atomic E-state index is 0.737. The van der Waals surface area contributed by atoms with Gasteiger partial charge in [0.1, 0.15) is 0 Å². The molecule has 4 rings (SSSR count). The molecule has 8 nitrogen and oxygen atoms in total. The number of ether oxygens (including phenoxy) is 2. The van der Waals surface area contributed by atoms with Gasteiger partial charge >= 0.3 is 5.95 Å². The first-order chi connectivity index (χ1) is 10.4.